The van der Waals surface area contributed by atoms with Gasteiger partial charge in [-0.3, -0.25) is 9.52 Å². The summed E-state index contributed by atoms with van der Waals surface area (Å²) in [4.78, 5) is 17.9. The molecule has 228 valence electrons. The maximum atomic E-state index is 14.1. The van der Waals surface area contributed by atoms with Crippen molar-refractivity contribution in [1.82, 2.24) is 9.80 Å². The molecule has 0 spiro atoms. The number of amides is 1. The Morgan fingerprint density at radius 2 is 1.85 bits per heavy atom. The van der Waals surface area contributed by atoms with Crippen LogP contribution in [0, 0.1) is 5.92 Å². The summed E-state index contributed by atoms with van der Waals surface area (Å²) in [5.41, 5.74) is 0.449. The van der Waals surface area contributed by atoms with E-state index < -0.39 is 16.1 Å². The summed E-state index contributed by atoms with van der Waals surface area (Å²) in [5.74, 6) is 0.526. The summed E-state index contributed by atoms with van der Waals surface area (Å²) in [6, 6.07) is 10.3. The van der Waals surface area contributed by atoms with Crippen LogP contribution >= 0.6 is 0 Å². The number of sulfonamides is 1. The van der Waals surface area contributed by atoms with Crippen LogP contribution in [0.4, 0.5) is 5.69 Å². The molecule has 1 aliphatic heterocycles. The lowest BCUT2D eigenvalue weighted by molar-refractivity contribution is -0.0137. The van der Waals surface area contributed by atoms with Gasteiger partial charge < -0.3 is 29.1 Å². The molecule has 0 saturated carbocycles. The van der Waals surface area contributed by atoms with E-state index in [-0.39, 0.29) is 46.8 Å². The minimum atomic E-state index is -3.94. The van der Waals surface area contributed by atoms with E-state index in [0.29, 0.717) is 31.2 Å². The first-order chi connectivity index (χ1) is 19.4. The van der Waals surface area contributed by atoms with Gasteiger partial charge in [-0.05, 0) is 89.7 Å². The Bertz CT molecular complexity index is 1240. The zero-order valence-corrected chi connectivity index (χ0v) is 25.8. The highest BCUT2D eigenvalue weighted by Gasteiger charge is 2.30. The monoisotopic (exact) mass is 591 g/mol. The Morgan fingerprint density at radius 3 is 2.49 bits per heavy atom. The van der Waals surface area contributed by atoms with E-state index in [2.05, 4.69) is 9.62 Å². The number of ether oxygens (including phenoxy) is 3. The fourth-order valence-corrected chi connectivity index (χ4v) is 5.83. The van der Waals surface area contributed by atoms with Crippen LogP contribution in [0.15, 0.2) is 47.4 Å². The van der Waals surface area contributed by atoms with Gasteiger partial charge in [0.05, 0.1) is 42.4 Å². The molecule has 1 heterocycles. The van der Waals surface area contributed by atoms with Crippen molar-refractivity contribution in [3.63, 3.8) is 0 Å². The molecule has 1 amide bonds. The topological polar surface area (TPSA) is 118 Å². The number of carbonyl (C=O) groups excluding carboxylic acids is 1. The standard InChI is InChI=1S/C30H45N3O7S/c1-21-18-33(22(2)20-34)30(35)27-17-24(31-41(36,37)26-13-11-25(38-6)12-14-26)10-15-28(27)40-23(3)9-7-8-16-39-29(21)19-32(4)5/h10-15,17,21-23,29,31,34H,7-9,16,18-20H2,1-6H3/t21-,22-,23-,29+/m1/s1. The van der Waals surface area contributed by atoms with Crippen molar-refractivity contribution < 1.29 is 32.5 Å². The van der Waals surface area contributed by atoms with Crippen molar-refractivity contribution in [2.45, 2.75) is 63.2 Å². The maximum Gasteiger partial charge on any atom is 0.261 e. The Kier molecular flexibility index (Phi) is 11.8. The number of nitrogens with one attached hydrogen (secondary N) is 1. The Hall–Kier alpha value is -2.86. The molecule has 0 unspecified atom stereocenters. The predicted octanol–water partition coefficient (Wildman–Crippen LogP) is 3.85. The van der Waals surface area contributed by atoms with Crippen molar-refractivity contribution >= 4 is 21.6 Å². The number of aliphatic hydroxyl groups excluding tert-OH is 1. The average molecular weight is 592 g/mol. The van der Waals surface area contributed by atoms with Crippen LogP contribution in [0.1, 0.15) is 50.4 Å². The molecule has 0 aliphatic carbocycles. The summed E-state index contributed by atoms with van der Waals surface area (Å²) in [6.07, 6.45) is 2.28. The molecule has 0 aromatic heterocycles. The fraction of sp³-hybridized carbons (Fsp3) is 0.567. The minimum Gasteiger partial charge on any atom is -0.497 e. The molecule has 1 aliphatic rings. The molecule has 0 bridgehead atoms. The molecular weight excluding hydrogens is 546 g/mol. The highest BCUT2D eigenvalue weighted by atomic mass is 32.2. The summed E-state index contributed by atoms with van der Waals surface area (Å²) in [7, 11) is 1.55. The van der Waals surface area contributed by atoms with Crippen LogP contribution in [0.2, 0.25) is 0 Å². The van der Waals surface area contributed by atoms with Gasteiger partial charge in [0.25, 0.3) is 15.9 Å². The molecule has 4 atom stereocenters. The Morgan fingerprint density at radius 1 is 1.15 bits per heavy atom. The minimum absolute atomic E-state index is 0.0293. The average Bonchev–Trinajstić information content (AvgIpc) is 2.94. The van der Waals surface area contributed by atoms with E-state index in [1.54, 1.807) is 36.1 Å². The van der Waals surface area contributed by atoms with Gasteiger partial charge in [-0.2, -0.15) is 0 Å². The molecule has 11 heteroatoms. The smallest absolute Gasteiger partial charge is 0.261 e. The van der Waals surface area contributed by atoms with Gasteiger partial charge in [0, 0.05) is 31.3 Å². The summed E-state index contributed by atoms with van der Waals surface area (Å²) in [6.45, 7) is 7.21. The third-order valence-corrected chi connectivity index (χ3v) is 8.62. The number of fused-ring (bicyclic) bond motifs is 1. The molecule has 2 aromatic carbocycles. The molecule has 2 aromatic rings. The van der Waals surface area contributed by atoms with Gasteiger partial charge in [-0.25, -0.2) is 8.42 Å². The van der Waals surface area contributed by atoms with E-state index in [4.69, 9.17) is 14.2 Å². The van der Waals surface area contributed by atoms with Crippen LogP contribution in [0.3, 0.4) is 0 Å². The largest absolute Gasteiger partial charge is 0.497 e. The van der Waals surface area contributed by atoms with Gasteiger partial charge in [0.1, 0.15) is 11.5 Å². The number of hydrogen-bond acceptors (Lipinski definition) is 8. The van der Waals surface area contributed by atoms with Crippen molar-refractivity contribution in [3.8, 4) is 11.5 Å². The molecule has 3 rings (SSSR count). The molecule has 10 nitrogen and oxygen atoms in total. The number of aliphatic hydroxyl groups is 1. The summed E-state index contributed by atoms with van der Waals surface area (Å²) >= 11 is 0. The van der Waals surface area contributed by atoms with Crippen LogP contribution < -0.4 is 14.2 Å². The van der Waals surface area contributed by atoms with Crippen molar-refractivity contribution in [1.29, 1.82) is 0 Å². The normalized spacial score (nSPS) is 21.9. The third-order valence-electron chi connectivity index (χ3n) is 7.22. The SMILES string of the molecule is COc1ccc(S(=O)(=O)Nc2ccc3c(c2)C(=O)N([C@H](C)CO)C[C@@H](C)[C@H](CN(C)C)OCCCC[C@@H](C)O3)cc1. The lowest BCUT2D eigenvalue weighted by Gasteiger charge is -2.35. The van der Waals surface area contributed by atoms with Crippen molar-refractivity contribution in [2.24, 2.45) is 5.92 Å². The van der Waals surface area contributed by atoms with Crippen molar-refractivity contribution in [3.05, 3.63) is 48.0 Å². The molecule has 0 fully saturated rings. The molecule has 0 saturated heterocycles. The van der Waals surface area contributed by atoms with Gasteiger partial charge in [0.2, 0.25) is 0 Å². The molecule has 2 N–H and O–H groups in total. The molecule has 0 radical (unpaired) electrons. The van der Waals surface area contributed by atoms with E-state index >= 15 is 0 Å². The van der Waals surface area contributed by atoms with Gasteiger partial charge in [-0.15, -0.1) is 0 Å². The zero-order chi connectivity index (χ0) is 30.2. The zero-order valence-electron chi connectivity index (χ0n) is 25.0. The first-order valence-electron chi connectivity index (χ1n) is 14.1. The second kappa shape index (κ2) is 14.9. The van der Waals surface area contributed by atoms with Crippen LogP contribution in [0.25, 0.3) is 0 Å². The van der Waals surface area contributed by atoms with Crippen LogP contribution in [-0.2, 0) is 14.8 Å². The lowest BCUT2D eigenvalue weighted by atomic mass is 10.0. The summed E-state index contributed by atoms with van der Waals surface area (Å²) in [5, 5.41) is 10.1. The first kappa shape index (κ1) is 32.7. The number of nitrogens with zero attached hydrogens (tertiary/aromatic N) is 2. The fourth-order valence-electron chi connectivity index (χ4n) is 4.78. The highest BCUT2D eigenvalue weighted by Crippen LogP contribution is 2.29. The van der Waals surface area contributed by atoms with E-state index in [1.165, 1.54) is 25.3 Å². The van der Waals surface area contributed by atoms with E-state index in [9.17, 15) is 18.3 Å². The number of carbonyl (C=O) groups is 1. The Balaban J connectivity index is 2.01. The molecule has 41 heavy (non-hydrogen) atoms. The second-order valence-corrected chi connectivity index (χ2v) is 12.7. The van der Waals surface area contributed by atoms with Gasteiger partial charge in [0.15, 0.2) is 0 Å². The quantitative estimate of drug-likeness (QED) is 0.476. The molecular formula is C30H45N3O7S. The van der Waals surface area contributed by atoms with Crippen LogP contribution in [-0.4, -0.2) is 95.0 Å². The maximum absolute atomic E-state index is 14.1. The van der Waals surface area contributed by atoms with Gasteiger partial charge >= 0.3 is 0 Å². The third kappa shape index (κ3) is 9.06. The number of benzene rings is 2. The first-order valence-corrected chi connectivity index (χ1v) is 15.6. The highest BCUT2D eigenvalue weighted by molar-refractivity contribution is 7.92. The van der Waals surface area contributed by atoms with Crippen molar-refractivity contribution in [2.75, 3.05) is 52.2 Å². The van der Waals surface area contributed by atoms with E-state index in [0.717, 1.165) is 19.3 Å². The predicted molar refractivity (Wildman–Crippen MR) is 159 cm³/mol. The van der Waals surface area contributed by atoms with E-state index in [1.807, 2.05) is 27.9 Å². The summed E-state index contributed by atoms with van der Waals surface area (Å²) < 4.78 is 46.5. The van der Waals surface area contributed by atoms with Crippen LogP contribution in [0.5, 0.6) is 11.5 Å². The lowest BCUT2D eigenvalue weighted by Crippen LogP contribution is -2.47. The number of hydrogen-bond donors (Lipinski definition) is 2. The van der Waals surface area contributed by atoms with Gasteiger partial charge in [-0.1, -0.05) is 6.92 Å². The number of anilines is 1. The number of likely N-dealkylation sites (N-methyl/N-ethyl adjacent to an activating group) is 1. The Labute approximate surface area is 244 Å². The number of rotatable bonds is 8. The number of methoxy groups -OCH3 is 1. The second-order valence-electron chi connectivity index (χ2n) is 11.1.